The van der Waals surface area contributed by atoms with Gasteiger partial charge in [0.2, 0.25) is 5.88 Å². The van der Waals surface area contributed by atoms with Crippen LogP contribution < -0.4 is 4.74 Å². The molecule has 0 fully saturated rings. The SMILES string of the molecule is COc1cc(-c2nnc(Cl)c(C)c2C)ccn1. The monoisotopic (exact) mass is 249 g/mol. The predicted molar refractivity (Wildman–Crippen MR) is 66.3 cm³/mol. The maximum Gasteiger partial charge on any atom is 0.213 e. The lowest BCUT2D eigenvalue weighted by Crippen LogP contribution is -1.97. The molecular formula is C12H12ClN3O. The Morgan fingerprint density at radius 2 is 1.94 bits per heavy atom. The highest BCUT2D eigenvalue weighted by Crippen LogP contribution is 2.26. The van der Waals surface area contributed by atoms with Crippen LogP contribution >= 0.6 is 11.6 Å². The van der Waals surface area contributed by atoms with Gasteiger partial charge in [0, 0.05) is 17.8 Å². The van der Waals surface area contributed by atoms with Crippen LogP contribution in [-0.2, 0) is 0 Å². The second kappa shape index (κ2) is 4.67. The second-order valence-corrected chi connectivity index (χ2v) is 4.03. The van der Waals surface area contributed by atoms with Gasteiger partial charge in [0.15, 0.2) is 5.15 Å². The number of ether oxygens (including phenoxy) is 1. The molecule has 4 nitrogen and oxygen atoms in total. The van der Waals surface area contributed by atoms with Crippen molar-refractivity contribution in [3.8, 4) is 17.1 Å². The Kier molecular flexibility index (Phi) is 3.24. The third-order valence-corrected chi connectivity index (χ3v) is 3.04. The standard InChI is InChI=1S/C12H12ClN3O/c1-7-8(2)12(13)16-15-11(7)9-4-5-14-10(6-9)17-3/h4-6H,1-3H3. The molecule has 2 rings (SSSR count). The molecule has 0 unspecified atom stereocenters. The first-order chi connectivity index (χ1) is 8.13. The molecule has 0 bridgehead atoms. The highest BCUT2D eigenvalue weighted by atomic mass is 35.5. The summed E-state index contributed by atoms with van der Waals surface area (Å²) in [6.45, 7) is 3.90. The second-order valence-electron chi connectivity index (χ2n) is 3.68. The van der Waals surface area contributed by atoms with Crippen molar-refractivity contribution in [1.82, 2.24) is 15.2 Å². The van der Waals surface area contributed by atoms with Crippen LogP contribution in [0.3, 0.4) is 0 Å². The highest BCUT2D eigenvalue weighted by molar-refractivity contribution is 6.30. The van der Waals surface area contributed by atoms with Gasteiger partial charge >= 0.3 is 0 Å². The van der Waals surface area contributed by atoms with Crippen LogP contribution in [0.1, 0.15) is 11.1 Å². The van der Waals surface area contributed by atoms with Crippen LogP contribution in [0.2, 0.25) is 5.15 Å². The lowest BCUT2D eigenvalue weighted by Gasteiger charge is -2.08. The zero-order chi connectivity index (χ0) is 12.4. The molecule has 2 aromatic rings. The Hall–Kier alpha value is -1.68. The van der Waals surface area contributed by atoms with Crippen molar-refractivity contribution in [1.29, 1.82) is 0 Å². The van der Waals surface area contributed by atoms with E-state index in [9.17, 15) is 0 Å². The Balaban J connectivity index is 2.56. The topological polar surface area (TPSA) is 47.9 Å². The number of pyridine rings is 1. The van der Waals surface area contributed by atoms with Crippen LogP contribution in [0.15, 0.2) is 18.3 Å². The maximum absolute atomic E-state index is 5.92. The molecule has 0 aromatic carbocycles. The molecule has 0 spiro atoms. The zero-order valence-corrected chi connectivity index (χ0v) is 10.6. The van der Waals surface area contributed by atoms with Crippen LogP contribution in [0.25, 0.3) is 11.3 Å². The fraction of sp³-hybridized carbons (Fsp3) is 0.250. The van der Waals surface area contributed by atoms with Crippen molar-refractivity contribution in [2.75, 3.05) is 7.11 Å². The molecule has 0 amide bonds. The number of nitrogens with zero attached hydrogens (tertiary/aromatic N) is 3. The van der Waals surface area contributed by atoms with Crippen molar-refractivity contribution in [2.45, 2.75) is 13.8 Å². The molecule has 0 atom stereocenters. The van der Waals surface area contributed by atoms with Gasteiger partial charge in [0.1, 0.15) is 0 Å². The van der Waals surface area contributed by atoms with Crippen molar-refractivity contribution < 1.29 is 4.74 Å². The minimum absolute atomic E-state index is 0.437. The molecule has 0 aliphatic rings. The van der Waals surface area contributed by atoms with E-state index in [0.29, 0.717) is 11.0 Å². The summed E-state index contributed by atoms with van der Waals surface area (Å²) in [5, 5.41) is 8.48. The molecule has 2 heterocycles. The van der Waals surface area contributed by atoms with Gasteiger partial charge in [-0.2, -0.15) is 0 Å². The average Bonchev–Trinajstić information content (AvgIpc) is 2.36. The summed E-state index contributed by atoms with van der Waals surface area (Å²) in [4.78, 5) is 4.06. The Bertz CT molecular complexity index is 557. The molecule has 0 aliphatic heterocycles. The molecular weight excluding hydrogens is 238 g/mol. The maximum atomic E-state index is 5.92. The molecule has 88 valence electrons. The normalized spacial score (nSPS) is 10.4. The smallest absolute Gasteiger partial charge is 0.213 e. The minimum atomic E-state index is 0.437. The van der Waals surface area contributed by atoms with E-state index >= 15 is 0 Å². The number of hydrogen-bond acceptors (Lipinski definition) is 4. The first-order valence-corrected chi connectivity index (χ1v) is 5.51. The van der Waals surface area contributed by atoms with Gasteiger partial charge in [-0.15, -0.1) is 10.2 Å². The van der Waals surface area contributed by atoms with E-state index in [2.05, 4.69) is 15.2 Å². The van der Waals surface area contributed by atoms with Crippen molar-refractivity contribution in [3.63, 3.8) is 0 Å². The van der Waals surface area contributed by atoms with Crippen molar-refractivity contribution in [2.24, 2.45) is 0 Å². The predicted octanol–water partition coefficient (Wildman–Crippen LogP) is 2.82. The van der Waals surface area contributed by atoms with E-state index in [1.165, 1.54) is 0 Å². The van der Waals surface area contributed by atoms with Crippen molar-refractivity contribution >= 4 is 11.6 Å². The summed E-state index contributed by atoms with van der Waals surface area (Å²) in [5.41, 5.74) is 3.67. The van der Waals surface area contributed by atoms with E-state index < -0.39 is 0 Å². The number of halogens is 1. The number of rotatable bonds is 2. The fourth-order valence-electron chi connectivity index (χ4n) is 1.52. The van der Waals surface area contributed by atoms with Crippen molar-refractivity contribution in [3.05, 3.63) is 34.6 Å². The largest absolute Gasteiger partial charge is 0.481 e. The van der Waals surface area contributed by atoms with Crippen LogP contribution in [0.4, 0.5) is 0 Å². The summed E-state index contributed by atoms with van der Waals surface area (Å²) >= 11 is 5.92. The summed E-state index contributed by atoms with van der Waals surface area (Å²) in [6, 6.07) is 3.69. The van der Waals surface area contributed by atoms with E-state index in [4.69, 9.17) is 16.3 Å². The van der Waals surface area contributed by atoms with E-state index in [-0.39, 0.29) is 0 Å². The lowest BCUT2D eigenvalue weighted by atomic mass is 10.1. The van der Waals surface area contributed by atoms with Gasteiger partial charge in [0.05, 0.1) is 12.8 Å². The van der Waals surface area contributed by atoms with Gasteiger partial charge in [-0.3, -0.25) is 0 Å². The Labute approximate surface area is 105 Å². The minimum Gasteiger partial charge on any atom is -0.481 e. The van der Waals surface area contributed by atoms with E-state index in [1.807, 2.05) is 26.0 Å². The molecule has 0 aliphatic carbocycles. The lowest BCUT2D eigenvalue weighted by molar-refractivity contribution is 0.398. The highest BCUT2D eigenvalue weighted by Gasteiger charge is 2.10. The number of methoxy groups -OCH3 is 1. The van der Waals surface area contributed by atoms with Crippen LogP contribution in [0.5, 0.6) is 5.88 Å². The summed E-state index contributed by atoms with van der Waals surface area (Å²) in [5.74, 6) is 0.552. The third kappa shape index (κ3) is 2.22. The Morgan fingerprint density at radius 3 is 2.65 bits per heavy atom. The van der Waals surface area contributed by atoms with E-state index in [0.717, 1.165) is 22.4 Å². The first kappa shape index (κ1) is 11.8. The molecule has 0 radical (unpaired) electrons. The zero-order valence-electron chi connectivity index (χ0n) is 9.86. The van der Waals surface area contributed by atoms with Gasteiger partial charge in [-0.1, -0.05) is 11.6 Å². The molecule has 17 heavy (non-hydrogen) atoms. The van der Waals surface area contributed by atoms with Gasteiger partial charge in [0.25, 0.3) is 0 Å². The summed E-state index contributed by atoms with van der Waals surface area (Å²) in [7, 11) is 1.58. The third-order valence-electron chi connectivity index (χ3n) is 2.68. The van der Waals surface area contributed by atoms with Crippen LogP contribution in [-0.4, -0.2) is 22.3 Å². The average molecular weight is 250 g/mol. The van der Waals surface area contributed by atoms with Gasteiger partial charge in [-0.05, 0) is 31.0 Å². The van der Waals surface area contributed by atoms with E-state index in [1.54, 1.807) is 13.3 Å². The first-order valence-electron chi connectivity index (χ1n) is 5.13. The summed E-state index contributed by atoms with van der Waals surface area (Å²) < 4.78 is 5.08. The molecule has 0 saturated carbocycles. The van der Waals surface area contributed by atoms with Gasteiger partial charge < -0.3 is 4.74 Å². The molecule has 0 N–H and O–H groups in total. The molecule has 2 aromatic heterocycles. The quantitative estimate of drug-likeness (QED) is 0.821. The van der Waals surface area contributed by atoms with Gasteiger partial charge in [-0.25, -0.2) is 4.98 Å². The Morgan fingerprint density at radius 1 is 1.18 bits per heavy atom. The number of aromatic nitrogens is 3. The number of hydrogen-bond donors (Lipinski definition) is 0. The fourth-order valence-corrected chi connectivity index (χ4v) is 1.70. The molecule has 0 saturated heterocycles. The summed E-state index contributed by atoms with van der Waals surface area (Å²) in [6.07, 6.45) is 1.68. The van der Waals surface area contributed by atoms with Crippen LogP contribution in [0, 0.1) is 13.8 Å². The molecule has 5 heteroatoms.